The van der Waals surface area contributed by atoms with Crippen LogP contribution in [0, 0.1) is 13.8 Å². The molecule has 150 valence electrons. The number of hydrogen-bond acceptors (Lipinski definition) is 5. The van der Waals surface area contributed by atoms with Gasteiger partial charge in [-0.2, -0.15) is 0 Å². The number of benzene rings is 1. The van der Waals surface area contributed by atoms with Gasteiger partial charge in [0, 0.05) is 31.7 Å². The summed E-state index contributed by atoms with van der Waals surface area (Å²) in [6.07, 6.45) is -0.309. The van der Waals surface area contributed by atoms with Gasteiger partial charge in [-0.15, -0.1) is 11.3 Å². The second-order valence-electron chi connectivity index (χ2n) is 6.86. The molecule has 3 rings (SSSR count). The van der Waals surface area contributed by atoms with E-state index >= 15 is 0 Å². The molecule has 6 nitrogen and oxygen atoms in total. The van der Waals surface area contributed by atoms with Crippen molar-refractivity contribution in [1.82, 2.24) is 9.80 Å². The van der Waals surface area contributed by atoms with E-state index in [1.807, 2.05) is 30.5 Å². The molecular weight excluding hydrogens is 376 g/mol. The molecule has 1 aromatic carbocycles. The summed E-state index contributed by atoms with van der Waals surface area (Å²) in [5.41, 5.74) is 3.29. The maximum atomic E-state index is 12.7. The highest BCUT2D eigenvalue weighted by Crippen LogP contribution is 2.23. The molecule has 1 fully saturated rings. The summed E-state index contributed by atoms with van der Waals surface area (Å²) < 4.78 is 10.9. The van der Waals surface area contributed by atoms with Crippen LogP contribution in [0.5, 0.6) is 5.75 Å². The SMILES string of the molecule is CCOC(=O)N1CCN(C(=O)c2cc(COc3ccc(C)cc3C)cs2)CC1. The van der Waals surface area contributed by atoms with E-state index in [1.54, 1.807) is 16.7 Å². The summed E-state index contributed by atoms with van der Waals surface area (Å²) in [7, 11) is 0. The number of thiophene rings is 1. The third-order valence-corrected chi connectivity index (χ3v) is 5.65. The topological polar surface area (TPSA) is 59.1 Å². The highest BCUT2D eigenvalue weighted by molar-refractivity contribution is 7.12. The summed E-state index contributed by atoms with van der Waals surface area (Å²) in [5.74, 6) is 0.867. The van der Waals surface area contributed by atoms with Gasteiger partial charge >= 0.3 is 6.09 Å². The molecule has 0 radical (unpaired) electrons. The zero-order chi connectivity index (χ0) is 20.1. The fourth-order valence-electron chi connectivity index (χ4n) is 3.15. The number of aryl methyl sites for hydroxylation is 2. The van der Waals surface area contributed by atoms with Gasteiger partial charge in [0.1, 0.15) is 12.4 Å². The second kappa shape index (κ2) is 9.10. The predicted octanol–water partition coefficient (Wildman–Crippen LogP) is 3.86. The fraction of sp³-hybridized carbons (Fsp3) is 0.429. The van der Waals surface area contributed by atoms with Gasteiger partial charge < -0.3 is 19.3 Å². The molecule has 2 amide bonds. The van der Waals surface area contributed by atoms with E-state index < -0.39 is 0 Å². The van der Waals surface area contributed by atoms with Gasteiger partial charge in [0.05, 0.1) is 11.5 Å². The highest BCUT2D eigenvalue weighted by Gasteiger charge is 2.26. The van der Waals surface area contributed by atoms with Crippen molar-refractivity contribution in [2.24, 2.45) is 0 Å². The first-order chi connectivity index (χ1) is 13.5. The van der Waals surface area contributed by atoms with Crippen LogP contribution >= 0.6 is 11.3 Å². The molecule has 0 atom stereocenters. The number of rotatable bonds is 5. The van der Waals surface area contributed by atoms with E-state index in [-0.39, 0.29) is 12.0 Å². The first-order valence-corrected chi connectivity index (χ1v) is 10.3. The number of carbonyl (C=O) groups excluding carboxylic acids is 2. The second-order valence-corrected chi connectivity index (χ2v) is 7.77. The van der Waals surface area contributed by atoms with Crippen LogP contribution in [0.1, 0.15) is 33.3 Å². The van der Waals surface area contributed by atoms with E-state index in [0.29, 0.717) is 44.3 Å². The van der Waals surface area contributed by atoms with Crippen molar-refractivity contribution in [1.29, 1.82) is 0 Å². The van der Waals surface area contributed by atoms with Crippen LogP contribution in [0.3, 0.4) is 0 Å². The molecule has 0 N–H and O–H groups in total. The number of ether oxygens (including phenoxy) is 2. The molecule has 28 heavy (non-hydrogen) atoms. The standard InChI is InChI=1S/C21H26N2O4S/c1-4-26-21(25)23-9-7-22(8-10-23)20(24)19-12-17(14-28-19)13-27-18-6-5-15(2)11-16(18)3/h5-6,11-12,14H,4,7-10,13H2,1-3H3. The summed E-state index contributed by atoms with van der Waals surface area (Å²) in [6, 6.07) is 8.00. The number of amides is 2. The van der Waals surface area contributed by atoms with Crippen LogP contribution in [-0.4, -0.2) is 54.6 Å². The lowest BCUT2D eigenvalue weighted by molar-refractivity contribution is 0.0574. The molecule has 1 aromatic heterocycles. The monoisotopic (exact) mass is 402 g/mol. The molecule has 7 heteroatoms. The van der Waals surface area contributed by atoms with Gasteiger partial charge in [-0.05, 0) is 43.8 Å². The molecule has 0 aliphatic carbocycles. The van der Waals surface area contributed by atoms with E-state index in [2.05, 4.69) is 13.0 Å². The molecule has 1 aliphatic rings. The van der Waals surface area contributed by atoms with E-state index in [9.17, 15) is 9.59 Å². The predicted molar refractivity (Wildman–Crippen MR) is 109 cm³/mol. The Bertz CT molecular complexity index is 841. The minimum absolute atomic E-state index is 0.00581. The van der Waals surface area contributed by atoms with Crippen molar-refractivity contribution in [3.63, 3.8) is 0 Å². The maximum absolute atomic E-state index is 12.7. The first-order valence-electron chi connectivity index (χ1n) is 9.46. The Hall–Kier alpha value is -2.54. The van der Waals surface area contributed by atoms with E-state index in [1.165, 1.54) is 16.9 Å². The molecule has 0 unspecified atom stereocenters. The van der Waals surface area contributed by atoms with Gasteiger partial charge in [0.2, 0.25) is 0 Å². The average Bonchev–Trinajstić information content (AvgIpc) is 3.16. The molecule has 2 heterocycles. The summed E-state index contributed by atoms with van der Waals surface area (Å²) >= 11 is 1.43. The smallest absolute Gasteiger partial charge is 0.409 e. The van der Waals surface area contributed by atoms with Gasteiger partial charge in [-0.25, -0.2) is 4.79 Å². The minimum Gasteiger partial charge on any atom is -0.489 e. The van der Waals surface area contributed by atoms with Crippen LogP contribution in [0.2, 0.25) is 0 Å². The highest BCUT2D eigenvalue weighted by atomic mass is 32.1. The summed E-state index contributed by atoms with van der Waals surface area (Å²) in [5, 5.41) is 1.96. The van der Waals surface area contributed by atoms with Crippen LogP contribution in [0.4, 0.5) is 4.79 Å². The zero-order valence-electron chi connectivity index (χ0n) is 16.6. The van der Waals surface area contributed by atoms with E-state index in [0.717, 1.165) is 16.9 Å². The quantitative estimate of drug-likeness (QED) is 0.762. The Morgan fingerprint density at radius 2 is 1.79 bits per heavy atom. The third kappa shape index (κ3) is 4.84. The number of piperazine rings is 1. The number of nitrogens with zero attached hydrogens (tertiary/aromatic N) is 2. The molecule has 1 aliphatic heterocycles. The Balaban J connectivity index is 1.53. The van der Waals surface area contributed by atoms with Crippen molar-refractivity contribution < 1.29 is 19.1 Å². The molecular formula is C21H26N2O4S. The largest absolute Gasteiger partial charge is 0.489 e. The lowest BCUT2D eigenvalue weighted by Crippen LogP contribution is -2.50. The summed E-state index contributed by atoms with van der Waals surface area (Å²) in [6.45, 7) is 8.70. The normalized spacial score (nSPS) is 14.1. The fourth-order valence-corrected chi connectivity index (χ4v) is 4.01. The van der Waals surface area contributed by atoms with Crippen LogP contribution in [0.25, 0.3) is 0 Å². The van der Waals surface area contributed by atoms with Crippen LogP contribution in [0.15, 0.2) is 29.6 Å². The minimum atomic E-state index is -0.309. The maximum Gasteiger partial charge on any atom is 0.409 e. The molecule has 0 saturated carbocycles. The number of hydrogen-bond donors (Lipinski definition) is 0. The van der Waals surface area contributed by atoms with Crippen molar-refractivity contribution in [2.75, 3.05) is 32.8 Å². The number of carbonyl (C=O) groups is 2. The van der Waals surface area contributed by atoms with Crippen molar-refractivity contribution in [2.45, 2.75) is 27.4 Å². The first kappa shape index (κ1) is 20.2. The molecule has 2 aromatic rings. The van der Waals surface area contributed by atoms with Crippen LogP contribution in [-0.2, 0) is 11.3 Å². The lowest BCUT2D eigenvalue weighted by Gasteiger charge is -2.33. The van der Waals surface area contributed by atoms with Gasteiger partial charge in [-0.1, -0.05) is 17.7 Å². The average molecular weight is 403 g/mol. The molecule has 0 bridgehead atoms. The van der Waals surface area contributed by atoms with E-state index in [4.69, 9.17) is 9.47 Å². The van der Waals surface area contributed by atoms with Gasteiger partial charge in [0.15, 0.2) is 0 Å². The lowest BCUT2D eigenvalue weighted by atomic mass is 10.1. The van der Waals surface area contributed by atoms with Crippen molar-refractivity contribution in [3.05, 3.63) is 51.2 Å². The van der Waals surface area contributed by atoms with Gasteiger partial charge in [0.25, 0.3) is 5.91 Å². The Kier molecular flexibility index (Phi) is 6.57. The zero-order valence-corrected chi connectivity index (χ0v) is 17.4. The Morgan fingerprint density at radius 3 is 2.46 bits per heavy atom. The van der Waals surface area contributed by atoms with Crippen molar-refractivity contribution >= 4 is 23.3 Å². The van der Waals surface area contributed by atoms with Gasteiger partial charge in [-0.3, -0.25) is 4.79 Å². The Morgan fingerprint density at radius 1 is 1.07 bits per heavy atom. The third-order valence-electron chi connectivity index (χ3n) is 4.68. The molecule has 1 saturated heterocycles. The Labute approximate surface area is 169 Å². The van der Waals surface area contributed by atoms with Crippen molar-refractivity contribution in [3.8, 4) is 5.75 Å². The molecule has 0 spiro atoms. The summed E-state index contributed by atoms with van der Waals surface area (Å²) in [4.78, 5) is 28.6. The van der Waals surface area contributed by atoms with Crippen LogP contribution < -0.4 is 4.74 Å².